The van der Waals surface area contributed by atoms with Gasteiger partial charge in [0.15, 0.2) is 0 Å². The Kier molecular flexibility index (Phi) is 4.19. The molecule has 26 heavy (non-hydrogen) atoms. The van der Waals surface area contributed by atoms with Crippen LogP contribution in [0.3, 0.4) is 0 Å². The molecule has 1 saturated carbocycles. The minimum absolute atomic E-state index is 0.0581. The number of halogens is 1. The molecule has 2 atom stereocenters. The maximum absolute atomic E-state index is 13.5. The summed E-state index contributed by atoms with van der Waals surface area (Å²) in [5.74, 6) is -0.692. The smallest absolute Gasteiger partial charge is 0.257 e. The van der Waals surface area contributed by atoms with Crippen LogP contribution in [0.5, 0.6) is 0 Å². The molecule has 2 aromatic rings. The molecule has 0 unspecified atom stereocenters. The van der Waals surface area contributed by atoms with Gasteiger partial charge in [0.2, 0.25) is 5.91 Å². The second-order valence-corrected chi connectivity index (χ2v) is 7.21. The fourth-order valence-corrected chi connectivity index (χ4v) is 3.75. The van der Waals surface area contributed by atoms with Gasteiger partial charge in [0.1, 0.15) is 17.7 Å². The van der Waals surface area contributed by atoms with Gasteiger partial charge >= 0.3 is 0 Å². The van der Waals surface area contributed by atoms with Crippen LogP contribution in [0.4, 0.5) is 4.39 Å². The number of fused-ring (bicyclic) bond motifs is 1. The third-order valence-corrected chi connectivity index (χ3v) is 5.61. The summed E-state index contributed by atoms with van der Waals surface area (Å²) < 4.78 is 18.9. The third-order valence-electron chi connectivity index (χ3n) is 5.61. The van der Waals surface area contributed by atoms with Crippen molar-refractivity contribution in [3.05, 3.63) is 35.8 Å². The van der Waals surface area contributed by atoms with E-state index in [1.54, 1.807) is 11.9 Å². The molecule has 1 N–H and O–H groups in total. The summed E-state index contributed by atoms with van der Waals surface area (Å²) in [4.78, 5) is 28.4. The van der Waals surface area contributed by atoms with E-state index in [-0.39, 0.29) is 29.8 Å². The fraction of sp³-hybridized carbons (Fsp3) is 0.474. The van der Waals surface area contributed by atoms with Crippen molar-refractivity contribution >= 4 is 22.8 Å². The largest absolute Gasteiger partial charge is 0.463 e. The van der Waals surface area contributed by atoms with Crippen LogP contribution in [0.15, 0.2) is 28.9 Å². The van der Waals surface area contributed by atoms with Crippen LogP contribution < -0.4 is 0 Å². The molecular formula is C19H21FN2O4. The van der Waals surface area contributed by atoms with Crippen molar-refractivity contribution < 1.29 is 23.5 Å². The zero-order valence-electron chi connectivity index (χ0n) is 14.5. The normalized spacial score (nSPS) is 23.3. The molecule has 1 aromatic heterocycles. The maximum Gasteiger partial charge on any atom is 0.257 e. The van der Waals surface area contributed by atoms with Crippen LogP contribution >= 0.6 is 0 Å². The molecule has 0 spiro atoms. The lowest BCUT2D eigenvalue weighted by atomic mass is 9.84. The summed E-state index contributed by atoms with van der Waals surface area (Å²) in [7, 11) is 1.59. The van der Waals surface area contributed by atoms with E-state index in [9.17, 15) is 19.1 Å². The number of rotatable bonds is 3. The van der Waals surface area contributed by atoms with Crippen molar-refractivity contribution in [3.63, 3.8) is 0 Å². The van der Waals surface area contributed by atoms with Crippen molar-refractivity contribution in [1.29, 1.82) is 0 Å². The lowest BCUT2D eigenvalue weighted by Gasteiger charge is -2.30. The maximum atomic E-state index is 13.5. The molecule has 2 fully saturated rings. The van der Waals surface area contributed by atoms with Gasteiger partial charge in [0.05, 0.1) is 17.7 Å². The molecule has 1 aromatic carbocycles. The molecule has 0 radical (unpaired) electrons. The van der Waals surface area contributed by atoms with E-state index in [2.05, 4.69) is 0 Å². The van der Waals surface area contributed by atoms with Gasteiger partial charge in [-0.25, -0.2) is 4.39 Å². The number of carbonyl (C=O) groups is 2. The number of aliphatic hydroxyl groups is 1. The molecule has 2 aliphatic rings. The molecule has 1 aliphatic carbocycles. The van der Waals surface area contributed by atoms with Crippen molar-refractivity contribution in [2.24, 2.45) is 5.92 Å². The molecule has 0 bridgehead atoms. The average Bonchev–Trinajstić information content (AvgIpc) is 3.15. The van der Waals surface area contributed by atoms with Crippen LogP contribution in [0.25, 0.3) is 11.0 Å². The lowest BCUT2D eigenvalue weighted by Crippen LogP contribution is -2.45. The quantitative estimate of drug-likeness (QED) is 0.909. The number of benzene rings is 1. The summed E-state index contributed by atoms with van der Waals surface area (Å²) in [6.45, 7) is 0.543. The Morgan fingerprint density at radius 2 is 2.08 bits per heavy atom. The van der Waals surface area contributed by atoms with Gasteiger partial charge in [0, 0.05) is 31.4 Å². The molecule has 1 aliphatic heterocycles. The number of aliphatic hydroxyl groups excluding tert-OH is 1. The van der Waals surface area contributed by atoms with Gasteiger partial charge in [-0.1, -0.05) is 6.42 Å². The Bertz CT molecular complexity index is 860. The van der Waals surface area contributed by atoms with Gasteiger partial charge in [0.25, 0.3) is 5.91 Å². The highest BCUT2D eigenvalue weighted by Gasteiger charge is 2.41. The van der Waals surface area contributed by atoms with Gasteiger partial charge in [-0.15, -0.1) is 0 Å². The molecule has 6 nitrogen and oxygen atoms in total. The Balaban J connectivity index is 1.52. The second-order valence-electron chi connectivity index (χ2n) is 7.21. The number of furan rings is 1. The number of β-amino-alcohol motifs (C(OH)–C–C–N with tert-alkyl or cyclic N) is 1. The van der Waals surface area contributed by atoms with Crippen molar-refractivity contribution in [2.75, 3.05) is 20.1 Å². The highest BCUT2D eigenvalue weighted by Crippen LogP contribution is 2.31. The van der Waals surface area contributed by atoms with Gasteiger partial charge in [-0.3, -0.25) is 9.59 Å². The summed E-state index contributed by atoms with van der Waals surface area (Å²) in [5, 5.41) is 10.8. The van der Waals surface area contributed by atoms with E-state index in [0.717, 1.165) is 19.3 Å². The minimum atomic E-state index is -0.803. The van der Waals surface area contributed by atoms with Crippen molar-refractivity contribution in [2.45, 2.75) is 31.4 Å². The Hall–Kier alpha value is -2.41. The number of hydrogen-bond acceptors (Lipinski definition) is 4. The number of hydrogen-bond donors (Lipinski definition) is 1. The average molecular weight is 360 g/mol. The predicted molar refractivity (Wildman–Crippen MR) is 92.0 cm³/mol. The van der Waals surface area contributed by atoms with Crippen LogP contribution in [0, 0.1) is 11.7 Å². The highest BCUT2D eigenvalue weighted by atomic mass is 19.1. The zero-order chi connectivity index (χ0) is 18.4. The van der Waals surface area contributed by atoms with E-state index < -0.39 is 18.0 Å². The third kappa shape index (κ3) is 2.76. The molecule has 2 amide bonds. The first-order valence-electron chi connectivity index (χ1n) is 8.86. The first-order valence-corrected chi connectivity index (χ1v) is 8.86. The molecular weight excluding hydrogens is 339 g/mol. The van der Waals surface area contributed by atoms with Crippen LogP contribution in [0.1, 0.15) is 29.6 Å². The second kappa shape index (κ2) is 6.39. The molecule has 138 valence electrons. The molecule has 7 heteroatoms. The highest BCUT2D eigenvalue weighted by molar-refractivity contribution is 6.06. The van der Waals surface area contributed by atoms with Gasteiger partial charge in [-0.2, -0.15) is 0 Å². The standard InChI is InChI=1S/C19H21FN2O4/c1-21(15-8-22(9-16(15)23)18(24)11-3-2-4-11)19(25)14-10-26-17-6-5-12(20)7-13(14)17/h5-7,10-11,15-16,23H,2-4,8-9H2,1H3/t15-,16-/m1/s1. The monoisotopic (exact) mass is 360 g/mol. The van der Waals surface area contributed by atoms with E-state index in [1.165, 1.54) is 29.4 Å². The van der Waals surface area contributed by atoms with E-state index in [1.807, 2.05) is 0 Å². The summed E-state index contributed by atoms with van der Waals surface area (Å²) in [6, 6.07) is 3.52. The van der Waals surface area contributed by atoms with E-state index in [0.29, 0.717) is 17.5 Å². The molecule has 2 heterocycles. The summed E-state index contributed by atoms with van der Waals surface area (Å²) >= 11 is 0. The van der Waals surface area contributed by atoms with Crippen LogP contribution in [-0.4, -0.2) is 59.0 Å². The van der Waals surface area contributed by atoms with Crippen LogP contribution in [0.2, 0.25) is 0 Å². The predicted octanol–water partition coefficient (Wildman–Crippen LogP) is 2.02. The number of carbonyl (C=O) groups excluding carboxylic acids is 2. The topological polar surface area (TPSA) is 74.0 Å². The Labute approximate surface area is 150 Å². The number of likely N-dealkylation sites (N-methyl/N-ethyl adjacent to an activating group) is 1. The minimum Gasteiger partial charge on any atom is -0.463 e. The zero-order valence-corrected chi connectivity index (χ0v) is 14.5. The summed E-state index contributed by atoms with van der Waals surface area (Å²) in [6.07, 6.45) is 3.37. The fourth-order valence-electron chi connectivity index (χ4n) is 3.75. The molecule has 4 rings (SSSR count). The van der Waals surface area contributed by atoms with Crippen molar-refractivity contribution in [3.8, 4) is 0 Å². The van der Waals surface area contributed by atoms with Crippen LogP contribution in [-0.2, 0) is 4.79 Å². The van der Waals surface area contributed by atoms with E-state index in [4.69, 9.17) is 4.42 Å². The van der Waals surface area contributed by atoms with Crippen molar-refractivity contribution in [1.82, 2.24) is 9.80 Å². The number of nitrogens with zero attached hydrogens (tertiary/aromatic N) is 2. The SMILES string of the molecule is CN(C(=O)c1coc2ccc(F)cc12)[C@@H]1CN(C(=O)C2CCC2)C[C@H]1O. The Morgan fingerprint density at radius 1 is 1.31 bits per heavy atom. The lowest BCUT2D eigenvalue weighted by molar-refractivity contribution is -0.137. The first-order chi connectivity index (χ1) is 12.5. The van der Waals surface area contributed by atoms with Gasteiger partial charge in [-0.05, 0) is 31.0 Å². The molecule has 1 saturated heterocycles. The van der Waals surface area contributed by atoms with E-state index >= 15 is 0 Å². The van der Waals surface area contributed by atoms with Gasteiger partial charge < -0.3 is 19.3 Å². The number of likely N-dealkylation sites (tertiary alicyclic amines) is 1. The summed E-state index contributed by atoms with van der Waals surface area (Å²) in [5.41, 5.74) is 0.676. The first kappa shape index (κ1) is 17.0. The number of amides is 2. The Morgan fingerprint density at radius 3 is 2.77 bits per heavy atom.